The second-order valence-electron chi connectivity index (χ2n) is 6.33. The van der Waals surface area contributed by atoms with Gasteiger partial charge in [0.15, 0.2) is 0 Å². The predicted molar refractivity (Wildman–Crippen MR) is 104 cm³/mol. The van der Waals surface area contributed by atoms with E-state index < -0.39 is 0 Å². The molecule has 122 valence electrons. The fourth-order valence-corrected chi connectivity index (χ4v) is 3.35. The van der Waals surface area contributed by atoms with Gasteiger partial charge in [0, 0.05) is 24.0 Å². The molecular weight excluding hydrogens is 302 g/mol. The number of hydrogen-bond donors (Lipinski definition) is 0. The highest BCUT2D eigenvalue weighted by atomic mass is 14.9. The van der Waals surface area contributed by atoms with Crippen LogP contribution in [-0.2, 0) is 6.42 Å². The normalized spacial score (nSPS) is 12.0. The van der Waals surface area contributed by atoms with Gasteiger partial charge in [-0.3, -0.25) is 0 Å². The Morgan fingerprint density at radius 2 is 1.12 bits per heavy atom. The summed E-state index contributed by atoms with van der Waals surface area (Å²) in [5.74, 6) is 0.363. The molecule has 1 aromatic heterocycles. The van der Waals surface area contributed by atoms with E-state index in [1.807, 2.05) is 0 Å². The van der Waals surface area contributed by atoms with E-state index in [9.17, 15) is 0 Å². The molecule has 0 fully saturated rings. The summed E-state index contributed by atoms with van der Waals surface area (Å²) in [5, 5.41) is 0. The molecule has 0 amide bonds. The molecule has 0 aliphatic carbocycles. The fourth-order valence-electron chi connectivity index (χ4n) is 3.35. The van der Waals surface area contributed by atoms with Gasteiger partial charge >= 0.3 is 0 Å². The maximum absolute atomic E-state index is 2.26. The lowest BCUT2D eigenvalue weighted by Crippen LogP contribution is -2.05. The van der Waals surface area contributed by atoms with E-state index >= 15 is 0 Å². The van der Waals surface area contributed by atoms with Gasteiger partial charge in [0.25, 0.3) is 0 Å². The summed E-state index contributed by atoms with van der Waals surface area (Å²) >= 11 is 0. The average Bonchev–Trinajstić information content (AvgIpc) is 3.23. The molecule has 0 spiro atoms. The van der Waals surface area contributed by atoms with Crippen LogP contribution >= 0.6 is 0 Å². The zero-order valence-corrected chi connectivity index (χ0v) is 14.1. The zero-order valence-electron chi connectivity index (χ0n) is 14.1. The molecule has 4 aromatic rings. The molecule has 1 heteroatoms. The van der Waals surface area contributed by atoms with Crippen molar-refractivity contribution < 1.29 is 0 Å². The third kappa shape index (κ3) is 3.56. The van der Waals surface area contributed by atoms with Gasteiger partial charge in [0.2, 0.25) is 0 Å². The van der Waals surface area contributed by atoms with Crippen molar-refractivity contribution in [3.8, 4) is 5.69 Å². The van der Waals surface area contributed by atoms with Crippen molar-refractivity contribution in [1.29, 1.82) is 0 Å². The first kappa shape index (κ1) is 15.5. The lowest BCUT2D eigenvalue weighted by Gasteiger charge is -2.19. The number of rotatable bonds is 5. The summed E-state index contributed by atoms with van der Waals surface area (Å²) in [4.78, 5) is 0. The summed E-state index contributed by atoms with van der Waals surface area (Å²) in [6, 6.07) is 34.6. The quantitative estimate of drug-likeness (QED) is 0.434. The lowest BCUT2D eigenvalue weighted by atomic mass is 9.86. The van der Waals surface area contributed by atoms with Gasteiger partial charge < -0.3 is 4.57 Å². The predicted octanol–water partition coefficient (Wildman–Crippen LogP) is 5.85. The third-order valence-electron chi connectivity index (χ3n) is 4.68. The first-order chi connectivity index (χ1) is 12.4. The molecule has 3 aromatic carbocycles. The molecule has 0 aliphatic rings. The van der Waals surface area contributed by atoms with Crippen LogP contribution in [0.25, 0.3) is 5.69 Å². The van der Waals surface area contributed by atoms with Crippen LogP contribution in [0.15, 0.2) is 109 Å². The van der Waals surface area contributed by atoms with Crippen molar-refractivity contribution in [3.05, 3.63) is 126 Å². The monoisotopic (exact) mass is 323 g/mol. The average molecular weight is 323 g/mol. The van der Waals surface area contributed by atoms with E-state index in [1.54, 1.807) is 0 Å². The Morgan fingerprint density at radius 1 is 0.560 bits per heavy atom. The highest BCUT2D eigenvalue weighted by Crippen LogP contribution is 2.29. The smallest absolute Gasteiger partial charge is 0.0449 e. The Bertz CT molecular complexity index is 892. The van der Waals surface area contributed by atoms with E-state index in [0.29, 0.717) is 5.92 Å². The molecule has 0 N–H and O–H groups in total. The molecule has 1 nitrogen and oxygen atoms in total. The first-order valence-electron chi connectivity index (χ1n) is 8.72. The van der Waals surface area contributed by atoms with Gasteiger partial charge in [-0.2, -0.15) is 0 Å². The highest BCUT2D eigenvalue weighted by Gasteiger charge is 2.15. The van der Waals surface area contributed by atoms with Gasteiger partial charge in [-0.25, -0.2) is 0 Å². The maximum Gasteiger partial charge on any atom is 0.0449 e. The molecule has 0 radical (unpaired) electrons. The molecule has 0 aliphatic heterocycles. The molecule has 1 atom stereocenters. The highest BCUT2D eigenvalue weighted by molar-refractivity contribution is 5.41. The van der Waals surface area contributed by atoms with E-state index in [-0.39, 0.29) is 0 Å². The first-order valence-corrected chi connectivity index (χ1v) is 8.72. The molecule has 25 heavy (non-hydrogen) atoms. The van der Waals surface area contributed by atoms with E-state index in [4.69, 9.17) is 0 Å². The van der Waals surface area contributed by atoms with Crippen LogP contribution in [0, 0.1) is 0 Å². The standard InChI is InChI=1S/C24H21N/c1-3-9-20(10-4-1)19-24(21-11-5-2-6-12-21)22-13-15-23(16-14-22)25-17-7-8-18-25/h1-18,24H,19H2/t24-/m1/s1. The summed E-state index contributed by atoms with van der Waals surface area (Å²) in [7, 11) is 0. The van der Waals surface area contributed by atoms with Crippen molar-refractivity contribution in [2.24, 2.45) is 0 Å². The second kappa shape index (κ2) is 7.23. The third-order valence-corrected chi connectivity index (χ3v) is 4.68. The second-order valence-corrected chi connectivity index (χ2v) is 6.33. The number of hydrogen-bond acceptors (Lipinski definition) is 0. The number of aromatic nitrogens is 1. The fraction of sp³-hybridized carbons (Fsp3) is 0.0833. The van der Waals surface area contributed by atoms with Crippen LogP contribution in [0.3, 0.4) is 0 Å². The van der Waals surface area contributed by atoms with Gasteiger partial charge in [0.05, 0.1) is 0 Å². The van der Waals surface area contributed by atoms with E-state index in [1.165, 1.54) is 22.4 Å². The van der Waals surface area contributed by atoms with Crippen molar-refractivity contribution in [1.82, 2.24) is 4.57 Å². The van der Waals surface area contributed by atoms with Crippen LogP contribution < -0.4 is 0 Å². The van der Waals surface area contributed by atoms with Crippen molar-refractivity contribution in [2.75, 3.05) is 0 Å². The van der Waals surface area contributed by atoms with Crippen LogP contribution in [-0.4, -0.2) is 4.57 Å². The van der Waals surface area contributed by atoms with Crippen LogP contribution in [0.2, 0.25) is 0 Å². The minimum absolute atomic E-state index is 0.363. The Hall–Kier alpha value is -3.06. The van der Waals surface area contributed by atoms with E-state index in [2.05, 4.69) is 114 Å². The Labute approximate surface area is 149 Å². The Balaban J connectivity index is 1.68. The van der Waals surface area contributed by atoms with Crippen LogP contribution in [0.4, 0.5) is 0 Å². The van der Waals surface area contributed by atoms with Crippen molar-refractivity contribution in [2.45, 2.75) is 12.3 Å². The Kier molecular flexibility index (Phi) is 4.47. The molecule has 1 heterocycles. The lowest BCUT2D eigenvalue weighted by molar-refractivity contribution is 0.804. The summed E-state index contributed by atoms with van der Waals surface area (Å²) < 4.78 is 2.14. The summed E-state index contributed by atoms with van der Waals surface area (Å²) in [6.07, 6.45) is 5.16. The molecule has 0 saturated heterocycles. The van der Waals surface area contributed by atoms with Gasteiger partial charge in [-0.15, -0.1) is 0 Å². The summed E-state index contributed by atoms with van der Waals surface area (Å²) in [5.41, 5.74) is 5.28. The number of nitrogens with zero attached hydrogens (tertiary/aromatic N) is 1. The van der Waals surface area contributed by atoms with Crippen LogP contribution in [0.1, 0.15) is 22.6 Å². The maximum atomic E-state index is 2.26. The molecule has 4 rings (SSSR count). The molecule has 0 saturated carbocycles. The molecule has 0 unspecified atom stereocenters. The minimum atomic E-state index is 0.363. The van der Waals surface area contributed by atoms with Crippen molar-refractivity contribution >= 4 is 0 Å². The van der Waals surface area contributed by atoms with E-state index in [0.717, 1.165) is 6.42 Å². The van der Waals surface area contributed by atoms with Gasteiger partial charge in [-0.05, 0) is 47.4 Å². The SMILES string of the molecule is c1ccc(C[C@H](c2ccccc2)c2ccc(-n3cccc3)cc2)cc1. The minimum Gasteiger partial charge on any atom is -0.324 e. The number of benzene rings is 3. The Morgan fingerprint density at radius 3 is 1.76 bits per heavy atom. The topological polar surface area (TPSA) is 4.93 Å². The molecular formula is C24H21N. The van der Waals surface area contributed by atoms with Crippen LogP contribution in [0.5, 0.6) is 0 Å². The summed E-state index contributed by atoms with van der Waals surface area (Å²) in [6.45, 7) is 0. The zero-order chi connectivity index (χ0) is 16.9. The van der Waals surface area contributed by atoms with Gasteiger partial charge in [0.1, 0.15) is 0 Å². The largest absolute Gasteiger partial charge is 0.324 e. The molecule has 0 bridgehead atoms. The van der Waals surface area contributed by atoms with Gasteiger partial charge in [-0.1, -0.05) is 72.8 Å². The van der Waals surface area contributed by atoms with Crippen molar-refractivity contribution in [3.63, 3.8) is 0 Å².